The molecular weight excluding hydrogens is 218 g/mol. The van der Waals surface area contributed by atoms with E-state index in [9.17, 15) is 10.2 Å². The maximum atomic E-state index is 9.52. The van der Waals surface area contributed by atoms with E-state index in [0.29, 0.717) is 13.0 Å². The molecule has 4 nitrogen and oxygen atoms in total. The molecule has 0 amide bonds. The molecular formula is C13H27NO3. The Bertz CT molecular complexity index is 193. The molecule has 1 fully saturated rings. The molecule has 1 rings (SSSR count). The first-order valence-electron chi connectivity index (χ1n) is 6.71. The molecule has 0 aromatic rings. The highest BCUT2D eigenvalue weighted by molar-refractivity contribution is 4.84. The number of nitrogens with one attached hydrogen (secondary N) is 1. The zero-order valence-corrected chi connectivity index (χ0v) is 11.0. The molecule has 0 saturated heterocycles. The Morgan fingerprint density at radius 1 is 1.29 bits per heavy atom. The van der Waals surface area contributed by atoms with Gasteiger partial charge in [0, 0.05) is 25.7 Å². The zero-order chi connectivity index (χ0) is 12.6. The maximum Gasteiger partial charge on any atom is 0.0785 e. The topological polar surface area (TPSA) is 61.7 Å². The van der Waals surface area contributed by atoms with Gasteiger partial charge in [-0.2, -0.15) is 0 Å². The van der Waals surface area contributed by atoms with E-state index < -0.39 is 0 Å². The van der Waals surface area contributed by atoms with Crippen molar-refractivity contribution in [2.45, 2.75) is 44.6 Å². The maximum absolute atomic E-state index is 9.52. The monoisotopic (exact) mass is 245 g/mol. The SMILES string of the molecule is COCC(O)CCNCC1(CO)CCCCC1. The van der Waals surface area contributed by atoms with Crippen LogP contribution in [0.1, 0.15) is 38.5 Å². The van der Waals surface area contributed by atoms with Crippen molar-refractivity contribution in [3.8, 4) is 0 Å². The second-order valence-electron chi connectivity index (χ2n) is 5.29. The molecule has 0 aromatic carbocycles. The molecule has 1 aliphatic carbocycles. The highest BCUT2D eigenvalue weighted by Crippen LogP contribution is 2.35. The molecule has 0 radical (unpaired) electrons. The number of ether oxygens (including phenoxy) is 1. The minimum absolute atomic E-state index is 0.0878. The summed E-state index contributed by atoms with van der Waals surface area (Å²) in [5.41, 5.74) is 0.0878. The largest absolute Gasteiger partial charge is 0.396 e. The van der Waals surface area contributed by atoms with Crippen molar-refractivity contribution in [1.29, 1.82) is 0 Å². The van der Waals surface area contributed by atoms with Crippen molar-refractivity contribution in [2.75, 3.05) is 33.4 Å². The third-order valence-electron chi connectivity index (χ3n) is 3.76. The van der Waals surface area contributed by atoms with Crippen molar-refractivity contribution >= 4 is 0 Å². The van der Waals surface area contributed by atoms with Crippen molar-refractivity contribution in [3.63, 3.8) is 0 Å². The van der Waals surface area contributed by atoms with Gasteiger partial charge in [0.15, 0.2) is 0 Å². The summed E-state index contributed by atoms with van der Waals surface area (Å²) in [6.07, 6.45) is 6.32. The fourth-order valence-corrected chi connectivity index (χ4v) is 2.59. The number of aliphatic hydroxyl groups is 2. The molecule has 3 N–H and O–H groups in total. The van der Waals surface area contributed by atoms with Crippen molar-refractivity contribution < 1.29 is 14.9 Å². The van der Waals surface area contributed by atoms with Gasteiger partial charge in [0.25, 0.3) is 0 Å². The van der Waals surface area contributed by atoms with E-state index in [1.165, 1.54) is 19.3 Å². The van der Waals surface area contributed by atoms with E-state index in [0.717, 1.165) is 25.9 Å². The van der Waals surface area contributed by atoms with Gasteiger partial charge in [0.1, 0.15) is 0 Å². The Morgan fingerprint density at radius 2 is 2.00 bits per heavy atom. The van der Waals surface area contributed by atoms with Gasteiger partial charge >= 0.3 is 0 Å². The Labute approximate surface area is 104 Å². The fraction of sp³-hybridized carbons (Fsp3) is 1.00. The Hall–Kier alpha value is -0.160. The summed E-state index contributed by atoms with van der Waals surface area (Å²) in [5.74, 6) is 0. The summed E-state index contributed by atoms with van der Waals surface area (Å²) in [7, 11) is 1.60. The number of aliphatic hydroxyl groups excluding tert-OH is 2. The minimum Gasteiger partial charge on any atom is -0.396 e. The Kier molecular flexibility index (Phi) is 7.04. The van der Waals surface area contributed by atoms with Crippen LogP contribution in [0.15, 0.2) is 0 Å². The molecule has 1 unspecified atom stereocenters. The molecule has 17 heavy (non-hydrogen) atoms. The summed E-state index contributed by atoms with van der Waals surface area (Å²) < 4.78 is 4.87. The lowest BCUT2D eigenvalue weighted by Crippen LogP contribution is -2.40. The Morgan fingerprint density at radius 3 is 2.59 bits per heavy atom. The number of methoxy groups -OCH3 is 1. The molecule has 4 heteroatoms. The van der Waals surface area contributed by atoms with Crippen molar-refractivity contribution in [1.82, 2.24) is 5.32 Å². The van der Waals surface area contributed by atoms with Crippen LogP contribution in [0.25, 0.3) is 0 Å². The van der Waals surface area contributed by atoms with Crippen molar-refractivity contribution in [2.24, 2.45) is 5.41 Å². The van der Waals surface area contributed by atoms with Crippen LogP contribution >= 0.6 is 0 Å². The van der Waals surface area contributed by atoms with Gasteiger partial charge in [-0.1, -0.05) is 19.3 Å². The van der Waals surface area contributed by atoms with Gasteiger partial charge < -0.3 is 20.3 Å². The van der Waals surface area contributed by atoms with Crippen LogP contribution in [0, 0.1) is 5.41 Å². The van der Waals surface area contributed by atoms with Gasteiger partial charge in [0.2, 0.25) is 0 Å². The van der Waals surface area contributed by atoms with Crippen LogP contribution in [-0.4, -0.2) is 49.7 Å². The van der Waals surface area contributed by atoms with E-state index in [-0.39, 0.29) is 18.1 Å². The molecule has 0 aromatic heterocycles. The van der Waals surface area contributed by atoms with E-state index in [1.807, 2.05) is 0 Å². The van der Waals surface area contributed by atoms with Gasteiger partial charge in [-0.25, -0.2) is 0 Å². The van der Waals surface area contributed by atoms with E-state index in [2.05, 4.69) is 5.32 Å². The fourth-order valence-electron chi connectivity index (χ4n) is 2.59. The van der Waals surface area contributed by atoms with Gasteiger partial charge in [0.05, 0.1) is 12.7 Å². The molecule has 1 atom stereocenters. The molecule has 102 valence electrons. The Balaban J connectivity index is 2.15. The first kappa shape index (κ1) is 14.9. The number of rotatable bonds is 8. The molecule has 0 bridgehead atoms. The third-order valence-corrected chi connectivity index (χ3v) is 3.76. The first-order chi connectivity index (χ1) is 8.22. The van der Waals surface area contributed by atoms with Crippen LogP contribution in [-0.2, 0) is 4.74 Å². The lowest BCUT2D eigenvalue weighted by Gasteiger charge is -2.35. The predicted molar refractivity (Wildman–Crippen MR) is 68.0 cm³/mol. The lowest BCUT2D eigenvalue weighted by molar-refractivity contribution is 0.0553. The first-order valence-corrected chi connectivity index (χ1v) is 6.71. The summed E-state index contributed by atoms with van der Waals surface area (Å²) in [6, 6.07) is 0. The van der Waals surface area contributed by atoms with Crippen LogP contribution in [0.3, 0.4) is 0 Å². The smallest absolute Gasteiger partial charge is 0.0785 e. The van der Waals surface area contributed by atoms with Crippen LogP contribution in [0.5, 0.6) is 0 Å². The average molecular weight is 245 g/mol. The van der Waals surface area contributed by atoms with E-state index in [4.69, 9.17) is 4.74 Å². The van der Waals surface area contributed by atoms with Crippen LogP contribution in [0.2, 0.25) is 0 Å². The summed E-state index contributed by atoms with van der Waals surface area (Å²) in [5, 5.41) is 22.4. The van der Waals surface area contributed by atoms with Gasteiger partial charge in [-0.3, -0.25) is 0 Å². The van der Waals surface area contributed by atoms with Crippen LogP contribution in [0.4, 0.5) is 0 Å². The standard InChI is InChI=1S/C13H27NO3/c1-17-9-12(16)5-8-14-10-13(11-15)6-3-2-4-7-13/h12,14-16H,2-11H2,1H3. The summed E-state index contributed by atoms with van der Waals surface area (Å²) in [6.45, 7) is 2.32. The molecule has 0 aliphatic heterocycles. The third kappa shape index (κ3) is 5.34. The van der Waals surface area contributed by atoms with E-state index in [1.54, 1.807) is 7.11 Å². The van der Waals surface area contributed by atoms with Crippen molar-refractivity contribution in [3.05, 3.63) is 0 Å². The second-order valence-corrected chi connectivity index (χ2v) is 5.29. The average Bonchev–Trinajstić information content (AvgIpc) is 2.36. The summed E-state index contributed by atoms with van der Waals surface area (Å²) in [4.78, 5) is 0. The molecule has 1 aliphatic rings. The van der Waals surface area contributed by atoms with Crippen LogP contribution < -0.4 is 5.32 Å². The minimum atomic E-state index is -0.385. The second kappa shape index (κ2) is 8.03. The molecule has 0 spiro atoms. The van der Waals surface area contributed by atoms with E-state index >= 15 is 0 Å². The van der Waals surface area contributed by atoms with Gasteiger partial charge in [-0.15, -0.1) is 0 Å². The highest BCUT2D eigenvalue weighted by Gasteiger charge is 2.30. The lowest BCUT2D eigenvalue weighted by atomic mass is 9.74. The predicted octanol–water partition coefficient (Wildman–Crippen LogP) is 0.916. The number of hydrogen-bond acceptors (Lipinski definition) is 4. The number of hydrogen-bond donors (Lipinski definition) is 3. The normalized spacial score (nSPS) is 21.4. The molecule has 1 saturated carbocycles. The molecule has 0 heterocycles. The zero-order valence-electron chi connectivity index (χ0n) is 11.0. The summed E-state index contributed by atoms with van der Waals surface area (Å²) >= 11 is 0. The quantitative estimate of drug-likeness (QED) is 0.556. The van der Waals surface area contributed by atoms with Gasteiger partial charge in [-0.05, 0) is 25.8 Å². The highest BCUT2D eigenvalue weighted by atomic mass is 16.5.